The molecule has 0 bridgehead atoms. The van der Waals surface area contributed by atoms with E-state index < -0.39 is 0 Å². The molecule has 0 saturated carbocycles. The van der Waals surface area contributed by atoms with E-state index in [4.69, 9.17) is 9.47 Å². The van der Waals surface area contributed by atoms with Gasteiger partial charge in [0.05, 0.1) is 14.2 Å². The summed E-state index contributed by atoms with van der Waals surface area (Å²) >= 11 is 0. The molecule has 2 aromatic rings. The van der Waals surface area contributed by atoms with Crippen LogP contribution in [0.15, 0.2) is 42.5 Å². The zero-order chi connectivity index (χ0) is 13.0. The molecule has 3 nitrogen and oxygen atoms in total. The van der Waals surface area contributed by atoms with Gasteiger partial charge in [-0.05, 0) is 29.8 Å². The molecule has 0 fully saturated rings. The van der Waals surface area contributed by atoms with E-state index in [1.165, 1.54) is 0 Å². The first-order valence-corrected chi connectivity index (χ1v) is 5.78. The molecule has 0 unspecified atom stereocenters. The van der Waals surface area contributed by atoms with Crippen LogP contribution in [0.4, 0.5) is 5.69 Å². The zero-order valence-electron chi connectivity index (χ0n) is 10.9. The van der Waals surface area contributed by atoms with E-state index >= 15 is 0 Å². The summed E-state index contributed by atoms with van der Waals surface area (Å²) in [5.41, 5.74) is 3.24. The Labute approximate surface area is 107 Å². The third-order valence-electron chi connectivity index (χ3n) is 2.87. The lowest BCUT2D eigenvalue weighted by Gasteiger charge is -2.11. The summed E-state index contributed by atoms with van der Waals surface area (Å²) in [6.07, 6.45) is 0. The quantitative estimate of drug-likeness (QED) is 0.892. The molecule has 0 amide bonds. The predicted molar refractivity (Wildman–Crippen MR) is 74.5 cm³/mol. The minimum atomic E-state index is 0.792. The van der Waals surface area contributed by atoms with Crippen LogP contribution in [-0.4, -0.2) is 21.3 Å². The summed E-state index contributed by atoms with van der Waals surface area (Å²) in [5.74, 6) is 1.60. The molecule has 0 saturated heterocycles. The van der Waals surface area contributed by atoms with Crippen molar-refractivity contribution in [2.24, 2.45) is 0 Å². The number of anilines is 1. The van der Waals surface area contributed by atoms with E-state index in [1.807, 2.05) is 37.4 Å². The minimum absolute atomic E-state index is 0.792. The molecular weight excluding hydrogens is 226 g/mol. The van der Waals surface area contributed by atoms with Crippen molar-refractivity contribution in [3.05, 3.63) is 42.5 Å². The van der Waals surface area contributed by atoms with E-state index in [2.05, 4.69) is 17.4 Å². The zero-order valence-corrected chi connectivity index (χ0v) is 10.9. The summed E-state index contributed by atoms with van der Waals surface area (Å²) in [4.78, 5) is 0. The summed E-state index contributed by atoms with van der Waals surface area (Å²) in [6, 6.07) is 14.0. The fraction of sp³-hybridized carbons (Fsp3) is 0.200. The Morgan fingerprint density at radius 1 is 0.944 bits per heavy atom. The van der Waals surface area contributed by atoms with Gasteiger partial charge >= 0.3 is 0 Å². The van der Waals surface area contributed by atoms with Crippen molar-refractivity contribution < 1.29 is 9.47 Å². The molecule has 0 aliphatic rings. The average molecular weight is 243 g/mol. The van der Waals surface area contributed by atoms with Crippen LogP contribution >= 0.6 is 0 Å². The van der Waals surface area contributed by atoms with Crippen molar-refractivity contribution in [3.63, 3.8) is 0 Å². The van der Waals surface area contributed by atoms with Gasteiger partial charge in [0.2, 0.25) is 0 Å². The maximum atomic E-state index is 5.42. The normalized spacial score (nSPS) is 9.94. The first-order chi connectivity index (χ1) is 8.78. The highest BCUT2D eigenvalue weighted by atomic mass is 16.5. The second-order valence-corrected chi connectivity index (χ2v) is 3.90. The summed E-state index contributed by atoms with van der Waals surface area (Å²) < 4.78 is 10.6. The molecule has 0 aliphatic carbocycles. The maximum Gasteiger partial charge on any atom is 0.130 e. The Morgan fingerprint density at radius 3 is 2.44 bits per heavy atom. The largest absolute Gasteiger partial charge is 0.497 e. The monoisotopic (exact) mass is 243 g/mol. The Morgan fingerprint density at radius 2 is 1.78 bits per heavy atom. The van der Waals surface area contributed by atoms with Gasteiger partial charge in [-0.15, -0.1) is 0 Å². The number of benzene rings is 2. The molecule has 0 atom stereocenters. The van der Waals surface area contributed by atoms with Gasteiger partial charge in [-0.3, -0.25) is 0 Å². The molecule has 94 valence electrons. The van der Waals surface area contributed by atoms with Gasteiger partial charge in [0, 0.05) is 24.4 Å². The number of rotatable bonds is 4. The van der Waals surface area contributed by atoms with Crippen LogP contribution in [0.1, 0.15) is 0 Å². The second-order valence-electron chi connectivity index (χ2n) is 3.90. The molecule has 3 heteroatoms. The smallest absolute Gasteiger partial charge is 0.130 e. The molecule has 0 spiro atoms. The van der Waals surface area contributed by atoms with Gasteiger partial charge in [0.25, 0.3) is 0 Å². The molecule has 0 aliphatic heterocycles. The van der Waals surface area contributed by atoms with Crippen molar-refractivity contribution >= 4 is 5.69 Å². The Balaban J connectivity index is 2.48. The maximum absolute atomic E-state index is 5.42. The van der Waals surface area contributed by atoms with Gasteiger partial charge in [0.15, 0.2) is 0 Å². The lowest BCUT2D eigenvalue weighted by atomic mass is 10.0. The van der Waals surface area contributed by atoms with Gasteiger partial charge < -0.3 is 14.8 Å². The van der Waals surface area contributed by atoms with Gasteiger partial charge in [-0.25, -0.2) is 0 Å². The van der Waals surface area contributed by atoms with E-state index in [1.54, 1.807) is 14.2 Å². The van der Waals surface area contributed by atoms with Crippen molar-refractivity contribution in [1.29, 1.82) is 0 Å². The van der Waals surface area contributed by atoms with Crippen LogP contribution in [0.25, 0.3) is 11.1 Å². The highest BCUT2D eigenvalue weighted by Crippen LogP contribution is 2.34. The molecule has 18 heavy (non-hydrogen) atoms. The number of methoxy groups -OCH3 is 2. The lowest BCUT2D eigenvalue weighted by molar-refractivity contribution is 0.395. The molecular formula is C15H17NO2. The second kappa shape index (κ2) is 5.45. The Hall–Kier alpha value is -2.16. The van der Waals surface area contributed by atoms with Gasteiger partial charge in [0.1, 0.15) is 11.5 Å². The van der Waals surface area contributed by atoms with E-state index in [0.29, 0.717) is 0 Å². The lowest BCUT2D eigenvalue weighted by Crippen LogP contribution is -1.92. The molecule has 2 aromatic carbocycles. The summed E-state index contributed by atoms with van der Waals surface area (Å²) in [5, 5.41) is 3.13. The van der Waals surface area contributed by atoms with E-state index in [0.717, 1.165) is 28.3 Å². The van der Waals surface area contributed by atoms with Crippen LogP contribution in [0, 0.1) is 0 Å². The standard InChI is InChI=1S/C15H17NO2/c1-16-12-6-4-5-11(9-12)14-8-7-13(17-2)10-15(14)18-3/h4-10,16H,1-3H3. The highest BCUT2D eigenvalue weighted by molar-refractivity contribution is 5.74. The van der Waals surface area contributed by atoms with Crippen molar-refractivity contribution in [2.75, 3.05) is 26.6 Å². The molecule has 0 radical (unpaired) electrons. The summed E-state index contributed by atoms with van der Waals surface area (Å²) in [6.45, 7) is 0. The number of hydrogen-bond donors (Lipinski definition) is 1. The van der Waals surface area contributed by atoms with E-state index in [9.17, 15) is 0 Å². The third-order valence-corrected chi connectivity index (χ3v) is 2.87. The molecule has 2 rings (SSSR count). The number of ether oxygens (including phenoxy) is 2. The third kappa shape index (κ3) is 2.40. The van der Waals surface area contributed by atoms with E-state index in [-0.39, 0.29) is 0 Å². The van der Waals surface area contributed by atoms with Crippen LogP contribution in [0.5, 0.6) is 11.5 Å². The topological polar surface area (TPSA) is 30.5 Å². The molecule has 0 heterocycles. The first kappa shape index (κ1) is 12.3. The number of hydrogen-bond acceptors (Lipinski definition) is 3. The SMILES string of the molecule is CNc1cccc(-c2ccc(OC)cc2OC)c1. The van der Waals surface area contributed by atoms with Crippen molar-refractivity contribution in [3.8, 4) is 22.6 Å². The van der Waals surface area contributed by atoms with Gasteiger partial charge in [-0.1, -0.05) is 12.1 Å². The fourth-order valence-corrected chi connectivity index (χ4v) is 1.88. The minimum Gasteiger partial charge on any atom is -0.497 e. The molecule has 1 N–H and O–H groups in total. The predicted octanol–water partition coefficient (Wildman–Crippen LogP) is 3.41. The van der Waals surface area contributed by atoms with Crippen molar-refractivity contribution in [1.82, 2.24) is 0 Å². The summed E-state index contributed by atoms with van der Waals surface area (Å²) in [7, 11) is 5.22. The highest BCUT2D eigenvalue weighted by Gasteiger charge is 2.07. The average Bonchev–Trinajstić information content (AvgIpc) is 2.46. The van der Waals surface area contributed by atoms with Gasteiger partial charge in [-0.2, -0.15) is 0 Å². The Bertz CT molecular complexity index is 538. The first-order valence-electron chi connectivity index (χ1n) is 5.78. The van der Waals surface area contributed by atoms with Crippen molar-refractivity contribution in [2.45, 2.75) is 0 Å². The van der Waals surface area contributed by atoms with Crippen LogP contribution in [-0.2, 0) is 0 Å². The van der Waals surface area contributed by atoms with Crippen LogP contribution in [0.3, 0.4) is 0 Å². The molecule has 0 aromatic heterocycles. The Kier molecular flexibility index (Phi) is 3.72. The fourth-order valence-electron chi connectivity index (χ4n) is 1.88. The number of nitrogens with one attached hydrogen (secondary N) is 1. The van der Waals surface area contributed by atoms with Crippen LogP contribution < -0.4 is 14.8 Å². The van der Waals surface area contributed by atoms with Crippen LogP contribution in [0.2, 0.25) is 0 Å².